The lowest BCUT2D eigenvalue weighted by Gasteiger charge is -2.19. The molecule has 1 amide bonds. The van der Waals surface area contributed by atoms with Crippen LogP contribution in [0.3, 0.4) is 0 Å². The van der Waals surface area contributed by atoms with E-state index in [4.69, 9.17) is 4.52 Å². The van der Waals surface area contributed by atoms with Gasteiger partial charge in [0, 0.05) is 17.6 Å². The summed E-state index contributed by atoms with van der Waals surface area (Å²) >= 11 is 0. The number of carboxylic acid groups (broad SMARTS) is 1. The van der Waals surface area contributed by atoms with Crippen molar-refractivity contribution in [3.8, 4) is 0 Å². The Labute approximate surface area is 137 Å². The fourth-order valence-electron chi connectivity index (χ4n) is 2.20. The second-order valence-electron chi connectivity index (χ2n) is 5.86. The van der Waals surface area contributed by atoms with Gasteiger partial charge in [-0.2, -0.15) is 5.10 Å². The number of aliphatic carboxylic acids is 1. The predicted molar refractivity (Wildman–Crippen MR) is 85.5 cm³/mol. The van der Waals surface area contributed by atoms with E-state index in [-0.39, 0.29) is 18.1 Å². The van der Waals surface area contributed by atoms with Crippen molar-refractivity contribution in [3.05, 3.63) is 42.2 Å². The van der Waals surface area contributed by atoms with Crippen LogP contribution < -0.4 is 5.32 Å². The van der Waals surface area contributed by atoms with Gasteiger partial charge in [-0.25, -0.2) is 4.79 Å². The van der Waals surface area contributed by atoms with Crippen LogP contribution in [0.15, 0.2) is 41.1 Å². The van der Waals surface area contributed by atoms with Gasteiger partial charge >= 0.3 is 5.97 Å². The van der Waals surface area contributed by atoms with Gasteiger partial charge in [-0.3, -0.25) is 9.48 Å². The molecule has 0 spiro atoms. The van der Waals surface area contributed by atoms with Gasteiger partial charge in [0.05, 0.1) is 6.42 Å². The van der Waals surface area contributed by atoms with E-state index < -0.39 is 11.5 Å². The predicted octanol–water partition coefficient (Wildman–Crippen LogP) is 2.03. The molecule has 0 bridgehead atoms. The third-order valence-corrected chi connectivity index (χ3v) is 3.73. The van der Waals surface area contributed by atoms with Crippen LogP contribution in [-0.4, -0.2) is 31.9 Å². The molecule has 8 heteroatoms. The first-order valence-electron chi connectivity index (χ1n) is 7.30. The molecule has 24 heavy (non-hydrogen) atoms. The Morgan fingerprint density at radius 3 is 2.79 bits per heavy atom. The van der Waals surface area contributed by atoms with E-state index in [2.05, 4.69) is 15.6 Å². The number of aromatic nitrogens is 3. The van der Waals surface area contributed by atoms with E-state index in [0.717, 1.165) is 5.39 Å². The zero-order valence-corrected chi connectivity index (χ0v) is 13.2. The minimum absolute atomic E-state index is 0.0339. The summed E-state index contributed by atoms with van der Waals surface area (Å²) in [6.45, 7) is 3.05. The third-order valence-electron chi connectivity index (χ3n) is 3.73. The van der Waals surface area contributed by atoms with Crippen LogP contribution in [-0.2, 0) is 21.5 Å². The van der Waals surface area contributed by atoms with Crippen LogP contribution in [0.4, 0.5) is 5.82 Å². The fraction of sp³-hybridized carbons (Fsp3) is 0.250. The number of amides is 1. The molecule has 0 atom stereocenters. The highest BCUT2D eigenvalue weighted by molar-refractivity contribution is 5.94. The van der Waals surface area contributed by atoms with Crippen molar-refractivity contribution in [2.24, 2.45) is 0 Å². The van der Waals surface area contributed by atoms with Crippen molar-refractivity contribution < 1.29 is 19.2 Å². The first-order valence-corrected chi connectivity index (χ1v) is 7.30. The molecule has 0 fully saturated rings. The van der Waals surface area contributed by atoms with E-state index in [9.17, 15) is 14.7 Å². The van der Waals surface area contributed by atoms with E-state index in [0.29, 0.717) is 11.3 Å². The van der Waals surface area contributed by atoms with Crippen molar-refractivity contribution >= 4 is 28.7 Å². The Balaban J connectivity index is 1.72. The average molecular weight is 328 g/mol. The number of rotatable bonds is 5. The lowest BCUT2D eigenvalue weighted by molar-refractivity contribution is -0.146. The SMILES string of the molecule is CC(C)(C(=O)O)n1ccc(NC(=O)Cc2noc3ccccc23)n1. The normalized spacial score (nSPS) is 11.6. The largest absolute Gasteiger partial charge is 0.479 e. The maximum Gasteiger partial charge on any atom is 0.331 e. The second-order valence-corrected chi connectivity index (χ2v) is 5.86. The summed E-state index contributed by atoms with van der Waals surface area (Å²) in [5.41, 5.74) is -0.0492. The summed E-state index contributed by atoms with van der Waals surface area (Å²) < 4.78 is 6.45. The molecule has 3 aromatic rings. The van der Waals surface area contributed by atoms with Crippen LogP contribution in [0, 0.1) is 0 Å². The topological polar surface area (TPSA) is 110 Å². The van der Waals surface area contributed by atoms with Crippen LogP contribution >= 0.6 is 0 Å². The van der Waals surface area contributed by atoms with E-state index in [1.165, 1.54) is 24.7 Å². The van der Waals surface area contributed by atoms with Gasteiger partial charge in [-0.1, -0.05) is 17.3 Å². The van der Waals surface area contributed by atoms with Crippen LogP contribution in [0.1, 0.15) is 19.5 Å². The molecule has 0 aliphatic carbocycles. The molecule has 3 rings (SSSR count). The number of hydrogen-bond donors (Lipinski definition) is 2. The Bertz CT molecular complexity index is 910. The molecule has 2 aromatic heterocycles. The van der Waals surface area contributed by atoms with Crippen molar-refractivity contribution in [2.75, 3.05) is 5.32 Å². The molecule has 2 N–H and O–H groups in total. The number of hydrogen-bond acceptors (Lipinski definition) is 5. The first kappa shape index (κ1) is 15.7. The Hall–Kier alpha value is -3.16. The maximum atomic E-state index is 12.2. The number of carbonyl (C=O) groups excluding carboxylic acids is 1. The molecule has 124 valence electrons. The summed E-state index contributed by atoms with van der Waals surface area (Å²) in [5, 5.41) is 20.6. The van der Waals surface area contributed by atoms with Crippen LogP contribution in [0.2, 0.25) is 0 Å². The van der Waals surface area contributed by atoms with Crippen molar-refractivity contribution in [2.45, 2.75) is 25.8 Å². The van der Waals surface area contributed by atoms with Crippen molar-refractivity contribution in [1.29, 1.82) is 0 Å². The Kier molecular flexibility index (Phi) is 3.80. The zero-order chi connectivity index (χ0) is 17.3. The van der Waals surface area contributed by atoms with E-state index in [1.54, 1.807) is 12.1 Å². The van der Waals surface area contributed by atoms with Crippen molar-refractivity contribution in [3.63, 3.8) is 0 Å². The number of benzene rings is 1. The molecule has 0 aliphatic heterocycles. The average Bonchev–Trinajstić information content (AvgIpc) is 3.15. The smallest absolute Gasteiger partial charge is 0.331 e. The number of carbonyl (C=O) groups is 2. The molecule has 0 unspecified atom stereocenters. The zero-order valence-electron chi connectivity index (χ0n) is 13.2. The molecule has 8 nitrogen and oxygen atoms in total. The van der Waals surface area contributed by atoms with Gasteiger partial charge in [0.2, 0.25) is 5.91 Å². The molecule has 0 aliphatic rings. The van der Waals surface area contributed by atoms with Gasteiger partial charge in [0.25, 0.3) is 0 Å². The fourth-order valence-corrected chi connectivity index (χ4v) is 2.20. The quantitative estimate of drug-likeness (QED) is 0.741. The summed E-state index contributed by atoms with van der Waals surface area (Å²) in [4.78, 5) is 23.4. The monoisotopic (exact) mass is 328 g/mol. The summed E-state index contributed by atoms with van der Waals surface area (Å²) in [7, 11) is 0. The highest BCUT2D eigenvalue weighted by Crippen LogP contribution is 2.19. The van der Waals surface area contributed by atoms with Gasteiger partial charge < -0.3 is 14.9 Å². The standard InChI is InChI=1S/C16H16N4O4/c1-16(2,15(22)23)20-8-7-13(18-20)17-14(21)9-11-10-5-3-4-6-12(10)24-19-11/h3-8H,9H2,1-2H3,(H,22,23)(H,17,18,21). The van der Waals surface area contributed by atoms with Gasteiger partial charge in [0.1, 0.15) is 5.69 Å². The molecular weight excluding hydrogens is 312 g/mol. The lowest BCUT2D eigenvalue weighted by Crippen LogP contribution is -2.36. The number of fused-ring (bicyclic) bond motifs is 1. The Morgan fingerprint density at radius 2 is 2.04 bits per heavy atom. The number of nitrogens with zero attached hydrogens (tertiary/aromatic N) is 3. The number of nitrogens with one attached hydrogen (secondary N) is 1. The highest BCUT2D eigenvalue weighted by Gasteiger charge is 2.30. The number of para-hydroxylation sites is 1. The molecule has 0 radical (unpaired) electrons. The molecule has 0 saturated heterocycles. The lowest BCUT2D eigenvalue weighted by atomic mass is 10.1. The summed E-state index contributed by atoms with van der Waals surface area (Å²) in [6.07, 6.45) is 1.54. The minimum atomic E-state index is -1.20. The molecule has 0 saturated carbocycles. The second kappa shape index (κ2) is 5.80. The summed E-state index contributed by atoms with van der Waals surface area (Å²) in [5.74, 6) is -1.05. The number of carboxylic acids is 1. The van der Waals surface area contributed by atoms with E-state index in [1.807, 2.05) is 18.2 Å². The first-order chi connectivity index (χ1) is 11.4. The number of anilines is 1. The maximum absolute atomic E-state index is 12.2. The van der Waals surface area contributed by atoms with Crippen molar-refractivity contribution in [1.82, 2.24) is 14.9 Å². The molecule has 2 heterocycles. The Morgan fingerprint density at radius 1 is 1.29 bits per heavy atom. The third kappa shape index (κ3) is 2.85. The minimum Gasteiger partial charge on any atom is -0.479 e. The molecular formula is C16H16N4O4. The van der Waals surface area contributed by atoms with Gasteiger partial charge in [-0.05, 0) is 26.0 Å². The van der Waals surface area contributed by atoms with Crippen LogP contribution in [0.25, 0.3) is 11.0 Å². The molecule has 1 aromatic carbocycles. The van der Waals surface area contributed by atoms with Crippen LogP contribution in [0.5, 0.6) is 0 Å². The highest BCUT2D eigenvalue weighted by atomic mass is 16.5. The van der Waals surface area contributed by atoms with Gasteiger partial charge in [-0.15, -0.1) is 0 Å². The van der Waals surface area contributed by atoms with E-state index >= 15 is 0 Å². The summed E-state index contributed by atoms with van der Waals surface area (Å²) in [6, 6.07) is 8.83. The van der Waals surface area contributed by atoms with Gasteiger partial charge in [0.15, 0.2) is 16.9 Å².